The molecule has 1 aliphatic heterocycles. The van der Waals surface area contributed by atoms with Gasteiger partial charge in [-0.25, -0.2) is 5.43 Å². The van der Waals surface area contributed by atoms with Crippen LogP contribution in [0.1, 0.15) is 37.0 Å². The first-order chi connectivity index (χ1) is 9.97. The van der Waals surface area contributed by atoms with Crippen LogP contribution >= 0.6 is 23.2 Å². The zero-order valence-electron chi connectivity index (χ0n) is 12.2. The summed E-state index contributed by atoms with van der Waals surface area (Å²) in [7, 11) is 0. The lowest BCUT2D eigenvalue weighted by Gasteiger charge is -2.27. The minimum absolute atomic E-state index is 0.303. The van der Waals surface area contributed by atoms with E-state index in [1.165, 1.54) is 0 Å². The molecule has 1 saturated heterocycles. The first kappa shape index (κ1) is 16.3. The predicted molar refractivity (Wildman–Crippen MR) is 86.4 cm³/mol. The highest BCUT2D eigenvalue weighted by Crippen LogP contribution is 2.20. The van der Waals surface area contributed by atoms with Gasteiger partial charge in [0.15, 0.2) is 0 Å². The summed E-state index contributed by atoms with van der Waals surface area (Å²) in [5, 5.41) is 5.07. The van der Waals surface area contributed by atoms with E-state index in [1.807, 2.05) is 0 Å². The van der Waals surface area contributed by atoms with Crippen LogP contribution in [0.25, 0.3) is 0 Å². The van der Waals surface area contributed by atoms with Crippen molar-refractivity contribution in [2.75, 3.05) is 13.1 Å². The number of hydrogen-bond donors (Lipinski definition) is 2. The number of halogens is 2. The number of carbonyl (C=O) groups is 1. The van der Waals surface area contributed by atoms with E-state index in [4.69, 9.17) is 23.2 Å². The third kappa shape index (κ3) is 4.43. The van der Waals surface area contributed by atoms with Gasteiger partial charge in [0.2, 0.25) is 0 Å². The molecule has 0 atom stereocenters. The first-order valence-corrected chi connectivity index (χ1v) is 7.88. The number of carbonyl (C=O) groups excluding carboxylic acids is 1. The zero-order valence-corrected chi connectivity index (χ0v) is 13.8. The summed E-state index contributed by atoms with van der Waals surface area (Å²) in [5.41, 5.74) is 4.01. The number of amides is 1. The smallest absolute Gasteiger partial charge is 0.272 e. The average Bonchev–Trinajstić information content (AvgIpc) is 2.45. The van der Waals surface area contributed by atoms with Crippen molar-refractivity contribution in [1.82, 2.24) is 5.43 Å². The molecule has 0 aliphatic carbocycles. The first-order valence-electron chi connectivity index (χ1n) is 7.12. The Bertz CT molecular complexity index is 548. The largest absolute Gasteiger partial charge is 0.332 e. The van der Waals surface area contributed by atoms with Crippen molar-refractivity contribution in [2.45, 2.75) is 32.7 Å². The van der Waals surface area contributed by atoms with Gasteiger partial charge in [-0.3, -0.25) is 4.79 Å². The summed E-state index contributed by atoms with van der Waals surface area (Å²) in [6.45, 7) is 6.58. The Morgan fingerprint density at radius 3 is 2.52 bits per heavy atom. The second-order valence-electron chi connectivity index (χ2n) is 5.56. The molecule has 1 fully saturated rings. The second-order valence-corrected chi connectivity index (χ2v) is 6.40. The van der Waals surface area contributed by atoms with Crippen molar-refractivity contribution in [2.24, 2.45) is 5.10 Å². The van der Waals surface area contributed by atoms with E-state index >= 15 is 0 Å². The molecule has 1 amide bonds. The number of benzene rings is 1. The Kier molecular flexibility index (Phi) is 5.62. The van der Waals surface area contributed by atoms with Gasteiger partial charge in [-0.05, 0) is 32.0 Å². The maximum Gasteiger partial charge on any atom is 0.272 e. The lowest BCUT2D eigenvalue weighted by molar-refractivity contribution is -0.922. The number of hydrazone groups is 1. The van der Waals surface area contributed by atoms with E-state index in [2.05, 4.69) is 24.4 Å². The molecule has 1 aromatic rings. The molecule has 21 heavy (non-hydrogen) atoms. The van der Waals surface area contributed by atoms with Gasteiger partial charge in [-0.1, -0.05) is 23.2 Å². The van der Waals surface area contributed by atoms with E-state index in [0.29, 0.717) is 21.7 Å². The molecule has 2 rings (SSSR count). The van der Waals surface area contributed by atoms with Crippen LogP contribution in [-0.2, 0) is 0 Å². The Morgan fingerprint density at radius 1 is 1.29 bits per heavy atom. The normalized spacial score (nSPS) is 18.7. The quantitative estimate of drug-likeness (QED) is 0.821. The molecular formula is C15H20Cl2N3O+. The topological polar surface area (TPSA) is 45.9 Å². The lowest BCUT2D eigenvalue weighted by Crippen LogP contribution is -3.16. The van der Waals surface area contributed by atoms with Crippen molar-refractivity contribution in [3.63, 3.8) is 0 Å². The molecule has 0 aromatic heterocycles. The van der Waals surface area contributed by atoms with Gasteiger partial charge in [0.25, 0.3) is 5.91 Å². The van der Waals surface area contributed by atoms with Crippen molar-refractivity contribution >= 4 is 34.8 Å². The van der Waals surface area contributed by atoms with Crippen LogP contribution in [0.2, 0.25) is 10.0 Å². The van der Waals surface area contributed by atoms with Gasteiger partial charge in [0, 0.05) is 23.6 Å². The van der Waals surface area contributed by atoms with E-state index in [9.17, 15) is 4.79 Å². The monoisotopic (exact) mass is 328 g/mol. The van der Waals surface area contributed by atoms with Crippen molar-refractivity contribution in [1.29, 1.82) is 0 Å². The van der Waals surface area contributed by atoms with Crippen LogP contribution in [0, 0.1) is 0 Å². The molecule has 1 heterocycles. The molecular weight excluding hydrogens is 309 g/mol. The molecule has 0 radical (unpaired) electrons. The molecule has 1 aromatic carbocycles. The summed E-state index contributed by atoms with van der Waals surface area (Å²) in [6, 6.07) is 5.43. The highest BCUT2D eigenvalue weighted by atomic mass is 35.5. The van der Waals surface area contributed by atoms with Gasteiger partial charge in [0.05, 0.1) is 29.7 Å². The fraction of sp³-hybridized carbons (Fsp3) is 0.467. The third-order valence-electron chi connectivity index (χ3n) is 3.78. The molecule has 2 N–H and O–H groups in total. The Morgan fingerprint density at radius 2 is 1.95 bits per heavy atom. The summed E-state index contributed by atoms with van der Waals surface area (Å²) >= 11 is 11.8. The average molecular weight is 329 g/mol. The van der Waals surface area contributed by atoms with Crippen molar-refractivity contribution in [3.05, 3.63) is 33.8 Å². The van der Waals surface area contributed by atoms with E-state index < -0.39 is 0 Å². The fourth-order valence-corrected chi connectivity index (χ4v) is 2.91. The van der Waals surface area contributed by atoms with Gasteiger partial charge >= 0.3 is 0 Å². The Balaban J connectivity index is 1.93. The van der Waals surface area contributed by atoms with Gasteiger partial charge in [0.1, 0.15) is 0 Å². The highest BCUT2D eigenvalue weighted by molar-refractivity contribution is 6.36. The van der Waals surface area contributed by atoms with Gasteiger partial charge < -0.3 is 4.90 Å². The van der Waals surface area contributed by atoms with Crippen LogP contribution < -0.4 is 10.3 Å². The molecule has 0 bridgehead atoms. The number of likely N-dealkylation sites (tertiary alicyclic amines) is 1. The fourth-order valence-electron chi connectivity index (χ4n) is 2.41. The maximum atomic E-state index is 12.0. The molecule has 0 spiro atoms. The van der Waals surface area contributed by atoms with Crippen LogP contribution in [0.3, 0.4) is 0 Å². The minimum Gasteiger partial charge on any atom is -0.332 e. The number of nitrogens with one attached hydrogen (secondary N) is 2. The number of nitrogens with zero attached hydrogens (tertiary/aromatic N) is 1. The van der Waals surface area contributed by atoms with Crippen LogP contribution in [-0.4, -0.2) is 30.8 Å². The summed E-state index contributed by atoms with van der Waals surface area (Å²) in [4.78, 5) is 13.6. The molecule has 114 valence electrons. The zero-order chi connectivity index (χ0) is 15.4. The number of rotatable bonds is 3. The highest BCUT2D eigenvalue weighted by Gasteiger charge is 2.20. The lowest BCUT2D eigenvalue weighted by atomic mass is 10.1. The predicted octanol–water partition coefficient (Wildman–Crippen LogP) is 2.17. The molecule has 6 heteroatoms. The Hall–Kier alpha value is -1.10. The van der Waals surface area contributed by atoms with E-state index in [1.54, 1.807) is 23.1 Å². The number of quaternary nitrogens is 1. The third-order valence-corrected chi connectivity index (χ3v) is 4.33. The summed E-state index contributed by atoms with van der Waals surface area (Å²) < 4.78 is 0. The summed E-state index contributed by atoms with van der Waals surface area (Å²) in [5.74, 6) is -0.303. The molecule has 0 unspecified atom stereocenters. The summed E-state index contributed by atoms with van der Waals surface area (Å²) in [6.07, 6.45) is 1.84. The minimum atomic E-state index is -0.303. The Labute approximate surface area is 135 Å². The van der Waals surface area contributed by atoms with Crippen molar-refractivity contribution < 1.29 is 9.69 Å². The van der Waals surface area contributed by atoms with Gasteiger partial charge in [-0.2, -0.15) is 5.10 Å². The van der Waals surface area contributed by atoms with E-state index in [0.717, 1.165) is 31.6 Å². The maximum absolute atomic E-state index is 12.0. The van der Waals surface area contributed by atoms with Crippen LogP contribution in [0.15, 0.2) is 23.3 Å². The molecule has 0 saturated carbocycles. The number of piperidine rings is 1. The van der Waals surface area contributed by atoms with Crippen molar-refractivity contribution in [3.8, 4) is 0 Å². The number of hydrogen-bond acceptors (Lipinski definition) is 2. The SMILES string of the molecule is CC(C)[NH+]1CCC(=NNC(=O)c2ccc(Cl)cc2Cl)CC1. The van der Waals surface area contributed by atoms with Gasteiger partial charge in [-0.15, -0.1) is 0 Å². The second kappa shape index (κ2) is 7.25. The van der Waals surface area contributed by atoms with Crippen LogP contribution in [0.5, 0.6) is 0 Å². The molecule has 4 nitrogen and oxygen atoms in total. The van der Waals surface area contributed by atoms with E-state index in [-0.39, 0.29) is 5.91 Å². The standard InChI is InChI=1S/C15H19Cl2N3O/c1-10(2)20-7-5-12(6-8-20)18-19-15(21)13-4-3-11(16)9-14(13)17/h3-4,9-10H,5-8H2,1-2H3,(H,19,21)/p+1. The van der Waals surface area contributed by atoms with Crippen LogP contribution in [0.4, 0.5) is 0 Å². The molecule has 1 aliphatic rings.